The molecule has 0 amide bonds. The second-order valence-electron chi connectivity index (χ2n) is 5.66. The van der Waals surface area contributed by atoms with Gasteiger partial charge in [0.2, 0.25) is 0 Å². The molecule has 2 N–H and O–H groups in total. The smallest absolute Gasteiger partial charge is 0.131 e. The first-order valence-corrected chi connectivity index (χ1v) is 8.38. The van der Waals surface area contributed by atoms with Crippen molar-refractivity contribution < 1.29 is 0 Å². The summed E-state index contributed by atoms with van der Waals surface area (Å²) < 4.78 is 0. The van der Waals surface area contributed by atoms with Crippen LogP contribution in [0, 0.1) is 6.92 Å². The summed E-state index contributed by atoms with van der Waals surface area (Å²) in [5.41, 5.74) is 8.46. The van der Waals surface area contributed by atoms with Crippen molar-refractivity contribution in [2.24, 2.45) is 5.73 Å². The summed E-state index contributed by atoms with van der Waals surface area (Å²) in [7, 11) is 2.11. The first-order valence-electron chi connectivity index (χ1n) is 7.50. The zero-order valence-corrected chi connectivity index (χ0v) is 14.2. The molecule has 0 saturated heterocycles. The summed E-state index contributed by atoms with van der Waals surface area (Å²) in [4.78, 5) is 8.27. The summed E-state index contributed by atoms with van der Waals surface area (Å²) in [6.45, 7) is 6.46. The van der Waals surface area contributed by atoms with Crippen molar-refractivity contribution in [3.63, 3.8) is 0 Å². The van der Waals surface area contributed by atoms with Crippen LogP contribution in [0.2, 0.25) is 0 Å². The molecule has 0 radical (unpaired) electrons. The summed E-state index contributed by atoms with van der Waals surface area (Å²) >= 11 is 1.79. The zero-order chi connectivity index (χ0) is 15.4. The zero-order valence-electron chi connectivity index (χ0n) is 13.3. The van der Waals surface area contributed by atoms with Gasteiger partial charge >= 0.3 is 0 Å². The maximum Gasteiger partial charge on any atom is 0.131 e. The predicted octanol–water partition coefficient (Wildman–Crippen LogP) is 3.93. The molecule has 0 bridgehead atoms. The van der Waals surface area contributed by atoms with Crippen LogP contribution in [-0.4, -0.2) is 18.1 Å². The molecule has 0 fully saturated rings. The number of hydrogen-bond donors (Lipinski definition) is 1. The molecule has 0 saturated carbocycles. The van der Waals surface area contributed by atoms with Gasteiger partial charge in [-0.25, -0.2) is 4.98 Å². The van der Waals surface area contributed by atoms with Gasteiger partial charge < -0.3 is 10.6 Å². The Balaban J connectivity index is 2.16. The standard InChI is InChI=1S/C17H25N3S/c1-5-15(18)10-14-9-12(2)17(19-11-14)20(4)13(3)16-7-6-8-21-16/h6-9,11,13,15H,5,10,18H2,1-4H3. The van der Waals surface area contributed by atoms with Crippen molar-refractivity contribution in [3.8, 4) is 0 Å². The van der Waals surface area contributed by atoms with Crippen LogP contribution >= 0.6 is 11.3 Å². The van der Waals surface area contributed by atoms with Crippen LogP contribution in [0.25, 0.3) is 0 Å². The molecule has 2 aromatic rings. The molecule has 3 nitrogen and oxygen atoms in total. The fourth-order valence-corrected chi connectivity index (χ4v) is 3.28. The van der Waals surface area contributed by atoms with E-state index in [1.54, 1.807) is 11.3 Å². The van der Waals surface area contributed by atoms with E-state index in [1.165, 1.54) is 16.0 Å². The molecule has 2 unspecified atom stereocenters. The Morgan fingerprint density at radius 1 is 1.43 bits per heavy atom. The molecular weight excluding hydrogens is 278 g/mol. The number of thiophene rings is 1. The minimum atomic E-state index is 0.222. The molecule has 0 aliphatic rings. The number of anilines is 1. The SMILES string of the molecule is CCC(N)Cc1cnc(N(C)C(C)c2cccs2)c(C)c1. The highest BCUT2D eigenvalue weighted by atomic mass is 32.1. The Labute approximate surface area is 131 Å². The van der Waals surface area contributed by atoms with E-state index in [2.05, 4.69) is 61.3 Å². The molecule has 2 heterocycles. The number of aromatic nitrogens is 1. The van der Waals surface area contributed by atoms with Gasteiger partial charge in [-0.2, -0.15) is 0 Å². The number of nitrogens with two attached hydrogens (primary N) is 1. The third kappa shape index (κ3) is 3.83. The van der Waals surface area contributed by atoms with Gasteiger partial charge in [-0.1, -0.05) is 19.1 Å². The summed E-state index contributed by atoms with van der Waals surface area (Å²) in [5, 5.41) is 2.12. The summed E-state index contributed by atoms with van der Waals surface area (Å²) in [6.07, 6.45) is 3.86. The third-order valence-corrected chi connectivity index (χ3v) is 5.04. The van der Waals surface area contributed by atoms with E-state index < -0.39 is 0 Å². The number of hydrogen-bond acceptors (Lipinski definition) is 4. The average Bonchev–Trinajstić information content (AvgIpc) is 3.00. The molecule has 0 spiro atoms. The molecule has 21 heavy (non-hydrogen) atoms. The van der Waals surface area contributed by atoms with Crippen LogP contribution in [0.4, 0.5) is 5.82 Å². The van der Waals surface area contributed by atoms with Gasteiger partial charge in [-0.3, -0.25) is 0 Å². The van der Waals surface area contributed by atoms with Crippen LogP contribution in [-0.2, 0) is 6.42 Å². The van der Waals surface area contributed by atoms with Gasteiger partial charge in [-0.15, -0.1) is 11.3 Å². The van der Waals surface area contributed by atoms with E-state index in [0.717, 1.165) is 18.7 Å². The van der Waals surface area contributed by atoms with Gasteiger partial charge in [0, 0.05) is 24.2 Å². The van der Waals surface area contributed by atoms with Crippen molar-refractivity contribution >= 4 is 17.2 Å². The van der Waals surface area contributed by atoms with Gasteiger partial charge in [0.1, 0.15) is 5.82 Å². The molecule has 2 rings (SSSR count). The lowest BCUT2D eigenvalue weighted by Crippen LogP contribution is -2.24. The lowest BCUT2D eigenvalue weighted by molar-refractivity contribution is 0.644. The quantitative estimate of drug-likeness (QED) is 0.879. The highest BCUT2D eigenvalue weighted by Gasteiger charge is 2.16. The Hall–Kier alpha value is -1.39. The van der Waals surface area contributed by atoms with Crippen molar-refractivity contribution in [1.82, 2.24) is 4.98 Å². The number of rotatable bonds is 6. The van der Waals surface area contributed by atoms with Gasteiger partial charge in [0.25, 0.3) is 0 Å². The van der Waals surface area contributed by atoms with Crippen molar-refractivity contribution in [3.05, 3.63) is 45.8 Å². The van der Waals surface area contributed by atoms with E-state index in [4.69, 9.17) is 5.73 Å². The molecular formula is C17H25N3S. The number of pyridine rings is 1. The van der Waals surface area contributed by atoms with Gasteiger partial charge in [0.05, 0.1) is 6.04 Å². The predicted molar refractivity (Wildman–Crippen MR) is 92.1 cm³/mol. The summed E-state index contributed by atoms with van der Waals surface area (Å²) in [5.74, 6) is 1.05. The van der Waals surface area contributed by atoms with E-state index >= 15 is 0 Å². The number of aryl methyl sites for hydroxylation is 1. The lowest BCUT2D eigenvalue weighted by Gasteiger charge is -2.27. The molecule has 2 aromatic heterocycles. The van der Waals surface area contributed by atoms with Crippen LogP contribution in [0.5, 0.6) is 0 Å². The van der Waals surface area contributed by atoms with Crippen LogP contribution in [0.1, 0.15) is 42.3 Å². The molecule has 2 atom stereocenters. The minimum absolute atomic E-state index is 0.222. The van der Waals surface area contributed by atoms with Crippen molar-refractivity contribution in [2.45, 2.75) is 45.7 Å². The van der Waals surface area contributed by atoms with E-state index in [-0.39, 0.29) is 6.04 Å². The van der Waals surface area contributed by atoms with Gasteiger partial charge in [-0.05, 0) is 49.3 Å². The number of nitrogens with zero attached hydrogens (tertiary/aromatic N) is 2. The Kier molecular flexibility index (Phi) is 5.37. The van der Waals surface area contributed by atoms with Crippen molar-refractivity contribution in [1.29, 1.82) is 0 Å². The average molecular weight is 303 g/mol. The first kappa shape index (κ1) is 16.0. The Morgan fingerprint density at radius 3 is 2.76 bits per heavy atom. The fraction of sp³-hybridized carbons (Fsp3) is 0.471. The maximum atomic E-state index is 6.03. The van der Waals surface area contributed by atoms with E-state index in [9.17, 15) is 0 Å². The largest absolute Gasteiger partial charge is 0.352 e. The molecule has 0 aliphatic carbocycles. The topological polar surface area (TPSA) is 42.1 Å². The minimum Gasteiger partial charge on any atom is -0.352 e. The van der Waals surface area contributed by atoms with Crippen LogP contribution in [0.3, 0.4) is 0 Å². The highest BCUT2D eigenvalue weighted by Crippen LogP contribution is 2.29. The maximum absolute atomic E-state index is 6.03. The monoisotopic (exact) mass is 303 g/mol. The molecule has 114 valence electrons. The third-order valence-electron chi connectivity index (χ3n) is 4.00. The summed E-state index contributed by atoms with van der Waals surface area (Å²) in [6, 6.07) is 7.05. The Morgan fingerprint density at radius 2 is 2.19 bits per heavy atom. The lowest BCUT2D eigenvalue weighted by atomic mass is 10.0. The molecule has 4 heteroatoms. The molecule has 0 aromatic carbocycles. The fourth-order valence-electron chi connectivity index (χ4n) is 2.46. The second-order valence-corrected chi connectivity index (χ2v) is 6.64. The van der Waals surface area contributed by atoms with Crippen molar-refractivity contribution in [2.75, 3.05) is 11.9 Å². The second kappa shape index (κ2) is 7.05. The van der Waals surface area contributed by atoms with Crippen LogP contribution in [0.15, 0.2) is 29.8 Å². The van der Waals surface area contributed by atoms with E-state index in [0.29, 0.717) is 6.04 Å². The van der Waals surface area contributed by atoms with E-state index in [1.807, 2.05) is 6.20 Å². The Bertz CT molecular complexity index is 565. The first-order chi connectivity index (χ1) is 10.0. The normalized spacial score (nSPS) is 14.0. The molecule has 0 aliphatic heterocycles. The highest BCUT2D eigenvalue weighted by molar-refractivity contribution is 7.10. The van der Waals surface area contributed by atoms with Crippen LogP contribution < -0.4 is 10.6 Å². The van der Waals surface area contributed by atoms with Gasteiger partial charge in [0.15, 0.2) is 0 Å².